The largest absolute Gasteiger partial charge is 0.310 e. The maximum atomic E-state index is 3.55. The van der Waals surface area contributed by atoms with Gasteiger partial charge in [-0.15, -0.1) is 5.73 Å². The molecule has 0 aliphatic heterocycles. The molecule has 0 amide bonds. The van der Waals surface area contributed by atoms with Gasteiger partial charge in [0.15, 0.2) is 0 Å². The lowest BCUT2D eigenvalue weighted by molar-refractivity contribution is 0.589. The lowest BCUT2D eigenvalue weighted by Gasteiger charge is -2.07. The Hall–Kier alpha value is -1.30. The Bertz CT molecular complexity index is 316. The third-order valence-corrected chi connectivity index (χ3v) is 1.96. The number of hydrogen-bond acceptors (Lipinski definition) is 1. The Balaban J connectivity index is 2.59. The van der Waals surface area contributed by atoms with Crippen LogP contribution in [0.3, 0.4) is 0 Å². The predicted octanol–water partition coefficient (Wildman–Crippen LogP) is 2.98. The summed E-state index contributed by atoms with van der Waals surface area (Å²) in [5, 5.41) is 3.38. The summed E-state index contributed by atoms with van der Waals surface area (Å²) in [7, 11) is 0. The molecule has 0 aliphatic rings. The first-order chi connectivity index (χ1) is 6.72. The fraction of sp³-hybridized carbons (Fsp3) is 0.308. The second-order valence-corrected chi connectivity index (χ2v) is 3.63. The maximum Gasteiger partial charge on any atom is 0.0207 e. The first-order valence-corrected chi connectivity index (χ1v) is 4.90. The summed E-state index contributed by atoms with van der Waals surface area (Å²) in [6, 6.07) is 8.94. The SMILES string of the molecule is C=C=Cc1ccc(CNC(C)C)cc1. The molecule has 0 radical (unpaired) electrons. The lowest BCUT2D eigenvalue weighted by Crippen LogP contribution is -2.21. The van der Waals surface area contributed by atoms with Crippen LogP contribution in [0.1, 0.15) is 25.0 Å². The molecule has 14 heavy (non-hydrogen) atoms. The standard InChI is InChI=1S/C13H17N/c1-4-5-12-6-8-13(9-7-12)10-14-11(2)3/h5-9,11,14H,1,10H2,2-3H3. The summed E-state index contributed by atoms with van der Waals surface area (Å²) in [4.78, 5) is 0. The molecule has 0 aliphatic carbocycles. The van der Waals surface area contributed by atoms with Crippen LogP contribution in [-0.2, 0) is 6.54 Å². The van der Waals surface area contributed by atoms with E-state index >= 15 is 0 Å². The van der Waals surface area contributed by atoms with E-state index in [1.807, 2.05) is 6.08 Å². The Morgan fingerprint density at radius 2 is 2.00 bits per heavy atom. The molecule has 1 nitrogen and oxygen atoms in total. The van der Waals surface area contributed by atoms with Gasteiger partial charge in [0.05, 0.1) is 0 Å². The van der Waals surface area contributed by atoms with Gasteiger partial charge in [-0.3, -0.25) is 0 Å². The second-order valence-electron chi connectivity index (χ2n) is 3.63. The number of benzene rings is 1. The van der Waals surface area contributed by atoms with Gasteiger partial charge < -0.3 is 5.32 Å². The van der Waals surface area contributed by atoms with Crippen LogP contribution in [0.25, 0.3) is 6.08 Å². The first kappa shape index (κ1) is 10.8. The van der Waals surface area contributed by atoms with Crippen molar-refractivity contribution in [2.75, 3.05) is 0 Å². The van der Waals surface area contributed by atoms with Gasteiger partial charge in [0.1, 0.15) is 0 Å². The fourth-order valence-electron chi connectivity index (χ4n) is 1.17. The maximum absolute atomic E-state index is 3.55. The van der Waals surface area contributed by atoms with E-state index in [2.05, 4.69) is 55.7 Å². The Morgan fingerprint density at radius 1 is 1.36 bits per heavy atom. The van der Waals surface area contributed by atoms with Crippen molar-refractivity contribution in [2.24, 2.45) is 0 Å². The van der Waals surface area contributed by atoms with Gasteiger partial charge in [0.2, 0.25) is 0 Å². The van der Waals surface area contributed by atoms with E-state index in [1.165, 1.54) is 5.56 Å². The predicted molar refractivity (Wildman–Crippen MR) is 62.0 cm³/mol. The van der Waals surface area contributed by atoms with Gasteiger partial charge in [-0.1, -0.05) is 44.7 Å². The van der Waals surface area contributed by atoms with Crippen molar-refractivity contribution in [1.29, 1.82) is 0 Å². The zero-order valence-electron chi connectivity index (χ0n) is 8.88. The monoisotopic (exact) mass is 187 g/mol. The molecule has 1 rings (SSSR count). The van der Waals surface area contributed by atoms with Crippen LogP contribution >= 0.6 is 0 Å². The van der Waals surface area contributed by atoms with Crippen molar-refractivity contribution >= 4 is 6.08 Å². The van der Waals surface area contributed by atoms with E-state index in [0.717, 1.165) is 12.1 Å². The summed E-state index contributed by atoms with van der Waals surface area (Å²) >= 11 is 0. The Morgan fingerprint density at radius 3 is 2.50 bits per heavy atom. The molecular weight excluding hydrogens is 170 g/mol. The van der Waals surface area contributed by atoms with Crippen LogP contribution in [-0.4, -0.2) is 6.04 Å². The van der Waals surface area contributed by atoms with Gasteiger partial charge >= 0.3 is 0 Å². The normalized spacial score (nSPS) is 9.93. The molecule has 0 unspecified atom stereocenters. The molecule has 1 aromatic rings. The van der Waals surface area contributed by atoms with Crippen molar-refractivity contribution in [2.45, 2.75) is 26.4 Å². The quantitative estimate of drug-likeness (QED) is 0.714. The van der Waals surface area contributed by atoms with Crippen LogP contribution in [0.15, 0.2) is 36.6 Å². The summed E-state index contributed by atoms with van der Waals surface area (Å²) in [6.07, 6.45) is 1.87. The third kappa shape index (κ3) is 3.61. The molecular formula is C13H17N. The summed E-state index contributed by atoms with van der Waals surface area (Å²) in [5.41, 5.74) is 5.22. The van der Waals surface area contributed by atoms with Gasteiger partial charge in [0.25, 0.3) is 0 Å². The minimum Gasteiger partial charge on any atom is -0.310 e. The Kier molecular flexibility index (Phi) is 4.18. The Labute approximate surface area is 86.2 Å². The van der Waals surface area contributed by atoms with E-state index in [0.29, 0.717) is 6.04 Å². The average Bonchev–Trinajstić information content (AvgIpc) is 2.17. The van der Waals surface area contributed by atoms with Crippen LogP contribution in [0.4, 0.5) is 0 Å². The molecule has 0 spiro atoms. The molecule has 0 aromatic heterocycles. The molecule has 0 bridgehead atoms. The van der Waals surface area contributed by atoms with Crippen molar-refractivity contribution in [3.8, 4) is 0 Å². The second kappa shape index (κ2) is 5.43. The van der Waals surface area contributed by atoms with E-state index in [9.17, 15) is 0 Å². The van der Waals surface area contributed by atoms with Crippen LogP contribution in [0.2, 0.25) is 0 Å². The molecule has 0 fully saturated rings. The van der Waals surface area contributed by atoms with E-state index in [-0.39, 0.29) is 0 Å². The van der Waals surface area contributed by atoms with Gasteiger partial charge in [0, 0.05) is 12.6 Å². The van der Waals surface area contributed by atoms with Crippen molar-refractivity contribution < 1.29 is 0 Å². The molecule has 0 heterocycles. The smallest absolute Gasteiger partial charge is 0.0207 e. The van der Waals surface area contributed by atoms with Crippen molar-refractivity contribution in [1.82, 2.24) is 5.32 Å². The first-order valence-electron chi connectivity index (χ1n) is 4.90. The summed E-state index contributed by atoms with van der Waals surface area (Å²) in [5.74, 6) is 0. The van der Waals surface area contributed by atoms with E-state index < -0.39 is 0 Å². The zero-order chi connectivity index (χ0) is 10.4. The highest BCUT2D eigenvalue weighted by Gasteiger charge is 1.94. The number of nitrogens with one attached hydrogen (secondary N) is 1. The van der Waals surface area contributed by atoms with Crippen LogP contribution in [0, 0.1) is 0 Å². The molecule has 0 saturated heterocycles. The molecule has 74 valence electrons. The molecule has 0 saturated carbocycles. The van der Waals surface area contributed by atoms with Crippen LogP contribution < -0.4 is 5.32 Å². The van der Waals surface area contributed by atoms with Crippen LogP contribution in [0.5, 0.6) is 0 Å². The fourth-order valence-corrected chi connectivity index (χ4v) is 1.17. The summed E-state index contributed by atoms with van der Waals surface area (Å²) in [6.45, 7) is 8.77. The number of hydrogen-bond donors (Lipinski definition) is 1. The topological polar surface area (TPSA) is 12.0 Å². The third-order valence-electron chi connectivity index (χ3n) is 1.96. The van der Waals surface area contributed by atoms with Gasteiger partial charge in [-0.25, -0.2) is 0 Å². The summed E-state index contributed by atoms with van der Waals surface area (Å²) < 4.78 is 0. The highest BCUT2D eigenvalue weighted by Crippen LogP contribution is 2.05. The van der Waals surface area contributed by atoms with Gasteiger partial charge in [-0.05, 0) is 17.2 Å². The minimum atomic E-state index is 0.530. The molecule has 1 N–H and O–H groups in total. The van der Waals surface area contributed by atoms with Crippen molar-refractivity contribution in [3.63, 3.8) is 0 Å². The highest BCUT2D eigenvalue weighted by molar-refractivity contribution is 5.48. The lowest BCUT2D eigenvalue weighted by atomic mass is 10.1. The minimum absolute atomic E-state index is 0.530. The van der Waals surface area contributed by atoms with E-state index in [1.54, 1.807) is 0 Å². The highest BCUT2D eigenvalue weighted by atomic mass is 14.9. The zero-order valence-corrected chi connectivity index (χ0v) is 8.88. The van der Waals surface area contributed by atoms with E-state index in [4.69, 9.17) is 0 Å². The average molecular weight is 187 g/mol. The van der Waals surface area contributed by atoms with Gasteiger partial charge in [-0.2, -0.15) is 0 Å². The molecule has 1 heteroatoms. The van der Waals surface area contributed by atoms with Crippen molar-refractivity contribution in [3.05, 3.63) is 47.7 Å². The molecule has 1 aromatic carbocycles. The number of rotatable bonds is 4. The molecule has 0 atom stereocenters.